The van der Waals surface area contributed by atoms with Gasteiger partial charge in [0.2, 0.25) is 5.91 Å². The number of fused-ring (bicyclic) bond motifs is 1. The molecule has 0 atom stereocenters. The molecular formula is C16H25N3O. The van der Waals surface area contributed by atoms with Gasteiger partial charge in [-0.05, 0) is 39.8 Å². The zero-order valence-corrected chi connectivity index (χ0v) is 12.9. The first kappa shape index (κ1) is 14.7. The average molecular weight is 275 g/mol. The molecule has 0 radical (unpaired) electrons. The second-order valence-electron chi connectivity index (χ2n) is 6.42. The van der Waals surface area contributed by atoms with Crippen molar-refractivity contribution < 1.29 is 4.79 Å². The highest BCUT2D eigenvalue weighted by molar-refractivity contribution is 5.78. The van der Waals surface area contributed by atoms with Crippen molar-refractivity contribution in [2.45, 2.75) is 45.7 Å². The number of amides is 1. The molecule has 0 unspecified atom stereocenters. The Balaban J connectivity index is 2.06. The van der Waals surface area contributed by atoms with Crippen molar-refractivity contribution in [1.29, 1.82) is 0 Å². The number of hydrogen-bond acceptors (Lipinski definition) is 3. The maximum atomic E-state index is 11.8. The fourth-order valence-electron chi connectivity index (χ4n) is 2.65. The zero-order chi connectivity index (χ0) is 14.8. The number of carbonyl (C=O) groups excluding carboxylic acids is 1. The summed E-state index contributed by atoms with van der Waals surface area (Å²) in [6, 6.07) is 8.49. The third kappa shape index (κ3) is 3.65. The van der Waals surface area contributed by atoms with Gasteiger partial charge in [0.15, 0.2) is 0 Å². The minimum Gasteiger partial charge on any atom is -0.377 e. The Morgan fingerprint density at radius 1 is 1.40 bits per heavy atom. The second kappa shape index (κ2) is 5.73. The SMILES string of the molecule is CC(C)NC(=O)CCN1CC(C)(C)Nc2ccccc21. The van der Waals surface area contributed by atoms with E-state index in [0.717, 1.165) is 18.8 Å². The molecule has 0 saturated carbocycles. The number of nitrogens with one attached hydrogen (secondary N) is 2. The zero-order valence-electron chi connectivity index (χ0n) is 12.9. The molecule has 0 saturated heterocycles. The van der Waals surface area contributed by atoms with E-state index < -0.39 is 0 Å². The maximum Gasteiger partial charge on any atom is 0.221 e. The topological polar surface area (TPSA) is 44.4 Å². The molecule has 2 N–H and O–H groups in total. The van der Waals surface area contributed by atoms with E-state index in [-0.39, 0.29) is 17.5 Å². The first-order chi connectivity index (χ1) is 9.37. The van der Waals surface area contributed by atoms with E-state index in [1.54, 1.807) is 0 Å². The van der Waals surface area contributed by atoms with Crippen molar-refractivity contribution in [1.82, 2.24) is 5.32 Å². The number of anilines is 2. The first-order valence-electron chi connectivity index (χ1n) is 7.29. The third-order valence-corrected chi connectivity index (χ3v) is 3.36. The molecule has 1 aliphatic rings. The van der Waals surface area contributed by atoms with Crippen molar-refractivity contribution in [3.8, 4) is 0 Å². The summed E-state index contributed by atoms with van der Waals surface area (Å²) in [5.41, 5.74) is 2.35. The molecule has 0 fully saturated rings. The van der Waals surface area contributed by atoms with E-state index >= 15 is 0 Å². The van der Waals surface area contributed by atoms with Crippen molar-refractivity contribution in [3.63, 3.8) is 0 Å². The predicted molar refractivity (Wildman–Crippen MR) is 84.3 cm³/mol. The highest BCUT2D eigenvalue weighted by Gasteiger charge is 2.29. The lowest BCUT2D eigenvalue weighted by molar-refractivity contribution is -0.121. The predicted octanol–water partition coefficient (Wildman–Crippen LogP) is 2.61. The molecule has 1 aromatic rings. The van der Waals surface area contributed by atoms with Gasteiger partial charge >= 0.3 is 0 Å². The second-order valence-corrected chi connectivity index (χ2v) is 6.42. The minimum atomic E-state index is 0.0167. The fourth-order valence-corrected chi connectivity index (χ4v) is 2.65. The molecular weight excluding hydrogens is 250 g/mol. The van der Waals surface area contributed by atoms with Gasteiger partial charge in [-0.15, -0.1) is 0 Å². The van der Waals surface area contributed by atoms with Crippen LogP contribution in [0.15, 0.2) is 24.3 Å². The third-order valence-electron chi connectivity index (χ3n) is 3.36. The van der Waals surface area contributed by atoms with E-state index in [1.807, 2.05) is 26.0 Å². The van der Waals surface area contributed by atoms with Crippen LogP contribution in [0.5, 0.6) is 0 Å². The number of hydrogen-bond donors (Lipinski definition) is 2. The molecule has 0 aliphatic carbocycles. The smallest absolute Gasteiger partial charge is 0.221 e. The summed E-state index contributed by atoms with van der Waals surface area (Å²) in [5, 5.41) is 6.49. The van der Waals surface area contributed by atoms with Crippen molar-refractivity contribution in [2.24, 2.45) is 0 Å². The van der Waals surface area contributed by atoms with Gasteiger partial charge in [0.1, 0.15) is 0 Å². The van der Waals surface area contributed by atoms with E-state index in [4.69, 9.17) is 0 Å². The van der Waals surface area contributed by atoms with Crippen LogP contribution in [0.1, 0.15) is 34.1 Å². The number of rotatable bonds is 4. The van der Waals surface area contributed by atoms with Gasteiger partial charge in [0.25, 0.3) is 0 Å². The van der Waals surface area contributed by atoms with Crippen LogP contribution in [0.2, 0.25) is 0 Å². The molecule has 110 valence electrons. The summed E-state index contributed by atoms with van der Waals surface area (Å²) >= 11 is 0. The largest absolute Gasteiger partial charge is 0.377 e. The van der Waals surface area contributed by atoms with Gasteiger partial charge in [-0.25, -0.2) is 0 Å². The molecule has 1 aliphatic heterocycles. The standard InChI is InChI=1S/C16H25N3O/c1-12(2)17-15(20)9-10-19-11-16(3,4)18-13-7-5-6-8-14(13)19/h5-8,12,18H,9-11H2,1-4H3,(H,17,20). The summed E-state index contributed by atoms with van der Waals surface area (Å²) in [7, 11) is 0. The normalized spacial score (nSPS) is 16.6. The van der Waals surface area contributed by atoms with Gasteiger partial charge < -0.3 is 15.5 Å². The van der Waals surface area contributed by atoms with Crippen molar-refractivity contribution >= 4 is 17.3 Å². The highest BCUT2D eigenvalue weighted by Crippen LogP contribution is 2.33. The van der Waals surface area contributed by atoms with Crippen LogP contribution in [0.4, 0.5) is 11.4 Å². The molecule has 4 heteroatoms. The molecule has 0 spiro atoms. The van der Waals surface area contributed by atoms with Gasteiger partial charge in [-0.2, -0.15) is 0 Å². The van der Waals surface area contributed by atoms with Crippen molar-refractivity contribution in [3.05, 3.63) is 24.3 Å². The molecule has 1 amide bonds. The molecule has 0 aromatic heterocycles. The summed E-state index contributed by atoms with van der Waals surface area (Å²) in [5.74, 6) is 0.119. The van der Waals surface area contributed by atoms with E-state index in [0.29, 0.717) is 6.42 Å². The lowest BCUT2D eigenvalue weighted by Crippen LogP contribution is -2.49. The quantitative estimate of drug-likeness (QED) is 0.888. The van der Waals surface area contributed by atoms with Crippen LogP contribution in [0.3, 0.4) is 0 Å². The van der Waals surface area contributed by atoms with Gasteiger partial charge in [0, 0.05) is 31.1 Å². The first-order valence-corrected chi connectivity index (χ1v) is 7.29. The highest BCUT2D eigenvalue weighted by atomic mass is 16.1. The number of para-hydroxylation sites is 2. The summed E-state index contributed by atoms with van der Waals surface area (Å²) in [4.78, 5) is 14.1. The van der Waals surface area contributed by atoms with E-state index in [9.17, 15) is 4.79 Å². The minimum absolute atomic E-state index is 0.0167. The number of benzene rings is 1. The monoisotopic (exact) mass is 275 g/mol. The van der Waals surface area contributed by atoms with Crippen LogP contribution < -0.4 is 15.5 Å². The molecule has 1 heterocycles. The Morgan fingerprint density at radius 3 is 2.80 bits per heavy atom. The van der Waals surface area contributed by atoms with Crippen LogP contribution in [-0.2, 0) is 4.79 Å². The van der Waals surface area contributed by atoms with Gasteiger partial charge in [-0.3, -0.25) is 4.79 Å². The Hall–Kier alpha value is -1.71. The van der Waals surface area contributed by atoms with E-state index in [2.05, 4.69) is 41.5 Å². The molecule has 1 aromatic carbocycles. The maximum absolute atomic E-state index is 11.8. The lowest BCUT2D eigenvalue weighted by atomic mass is 9.99. The van der Waals surface area contributed by atoms with E-state index in [1.165, 1.54) is 5.69 Å². The number of nitrogens with zero attached hydrogens (tertiary/aromatic N) is 1. The summed E-state index contributed by atoms with van der Waals surface area (Å²) < 4.78 is 0. The Kier molecular flexibility index (Phi) is 4.21. The average Bonchev–Trinajstić information content (AvgIpc) is 2.33. The number of carbonyl (C=O) groups is 1. The molecule has 4 nitrogen and oxygen atoms in total. The van der Waals surface area contributed by atoms with Crippen LogP contribution >= 0.6 is 0 Å². The Morgan fingerprint density at radius 2 is 2.10 bits per heavy atom. The fraction of sp³-hybridized carbons (Fsp3) is 0.562. The Bertz CT molecular complexity index is 482. The molecule has 0 bridgehead atoms. The summed E-state index contributed by atoms with van der Waals surface area (Å²) in [6.45, 7) is 10.00. The van der Waals surface area contributed by atoms with Gasteiger partial charge in [0.05, 0.1) is 11.4 Å². The van der Waals surface area contributed by atoms with Gasteiger partial charge in [-0.1, -0.05) is 12.1 Å². The molecule has 20 heavy (non-hydrogen) atoms. The molecule has 2 rings (SSSR count). The van der Waals surface area contributed by atoms with Crippen LogP contribution in [0, 0.1) is 0 Å². The van der Waals surface area contributed by atoms with Crippen molar-refractivity contribution in [2.75, 3.05) is 23.3 Å². The Labute approximate surface area is 121 Å². The van der Waals surface area contributed by atoms with Crippen LogP contribution in [-0.4, -0.2) is 30.6 Å². The summed E-state index contributed by atoms with van der Waals surface area (Å²) in [6.07, 6.45) is 0.530. The lowest BCUT2D eigenvalue weighted by Gasteiger charge is -2.42. The van der Waals surface area contributed by atoms with Crippen LogP contribution in [0.25, 0.3) is 0 Å².